The lowest BCUT2D eigenvalue weighted by Crippen LogP contribution is -2.07. The molecule has 0 saturated heterocycles. The first-order valence-electron chi connectivity index (χ1n) is 6.09. The fraction of sp³-hybridized carbons (Fsp3) is 0.200. The summed E-state index contributed by atoms with van der Waals surface area (Å²) in [5.74, 6) is 0.221. The normalized spacial score (nSPS) is 10.6. The zero-order valence-electron chi connectivity index (χ0n) is 10.9. The Hall–Kier alpha value is -1.29. The van der Waals surface area contributed by atoms with E-state index in [2.05, 4.69) is 5.32 Å². The fourth-order valence-electron chi connectivity index (χ4n) is 1.83. The Bertz CT molecular complexity index is 584. The Kier molecular flexibility index (Phi) is 5.24. The van der Waals surface area contributed by atoms with Crippen LogP contribution in [-0.2, 0) is 13.2 Å². The number of ether oxygens (including phenoxy) is 1. The van der Waals surface area contributed by atoms with Crippen molar-refractivity contribution in [3.8, 4) is 5.75 Å². The molecule has 20 heavy (non-hydrogen) atoms. The molecule has 0 aliphatic carbocycles. The van der Waals surface area contributed by atoms with Crippen LogP contribution in [0.1, 0.15) is 11.1 Å². The first kappa shape index (κ1) is 15.1. The van der Waals surface area contributed by atoms with Gasteiger partial charge in [0.05, 0.1) is 0 Å². The smallest absolute Gasteiger partial charge is 0.129 e. The van der Waals surface area contributed by atoms with Crippen molar-refractivity contribution in [1.82, 2.24) is 5.32 Å². The highest BCUT2D eigenvalue weighted by molar-refractivity contribution is 6.34. The van der Waals surface area contributed by atoms with Crippen LogP contribution in [0.25, 0.3) is 0 Å². The molecule has 0 aromatic heterocycles. The minimum Gasteiger partial charge on any atom is -0.489 e. The van der Waals surface area contributed by atoms with Gasteiger partial charge in [-0.2, -0.15) is 0 Å². The summed E-state index contributed by atoms with van der Waals surface area (Å²) in [6.07, 6.45) is 0. The molecule has 0 fully saturated rings. The number of hydrogen-bond acceptors (Lipinski definition) is 2. The van der Waals surface area contributed by atoms with E-state index in [0.29, 0.717) is 27.9 Å². The minimum absolute atomic E-state index is 0.125. The third-order valence-electron chi connectivity index (χ3n) is 2.72. The molecule has 0 spiro atoms. The summed E-state index contributed by atoms with van der Waals surface area (Å²) in [4.78, 5) is 0. The van der Waals surface area contributed by atoms with Crippen LogP contribution in [0.3, 0.4) is 0 Å². The molecule has 106 valence electrons. The van der Waals surface area contributed by atoms with E-state index in [1.165, 1.54) is 6.07 Å². The molecule has 0 aliphatic heterocycles. The SMILES string of the molecule is CNCc1ccc(F)c(COc2cc(Cl)cc(Cl)c2)c1. The van der Waals surface area contributed by atoms with Crippen LogP contribution < -0.4 is 10.1 Å². The average molecular weight is 314 g/mol. The number of hydrogen-bond donors (Lipinski definition) is 1. The fourth-order valence-corrected chi connectivity index (χ4v) is 2.33. The molecule has 2 aromatic carbocycles. The van der Waals surface area contributed by atoms with Crippen molar-refractivity contribution in [3.63, 3.8) is 0 Å². The van der Waals surface area contributed by atoms with Crippen LogP contribution in [0.2, 0.25) is 10.0 Å². The molecular formula is C15H14Cl2FNO. The van der Waals surface area contributed by atoms with E-state index in [1.54, 1.807) is 30.3 Å². The van der Waals surface area contributed by atoms with Gasteiger partial charge in [-0.1, -0.05) is 29.3 Å². The lowest BCUT2D eigenvalue weighted by molar-refractivity contribution is 0.299. The van der Waals surface area contributed by atoms with Gasteiger partial charge in [0.15, 0.2) is 0 Å². The van der Waals surface area contributed by atoms with Gasteiger partial charge in [0.25, 0.3) is 0 Å². The molecule has 2 rings (SSSR count). The molecule has 2 nitrogen and oxygen atoms in total. The molecule has 0 amide bonds. The number of rotatable bonds is 5. The molecule has 0 unspecified atom stereocenters. The molecule has 5 heteroatoms. The van der Waals surface area contributed by atoms with Crippen LogP contribution in [0.15, 0.2) is 36.4 Å². The van der Waals surface area contributed by atoms with E-state index in [4.69, 9.17) is 27.9 Å². The zero-order chi connectivity index (χ0) is 14.5. The first-order valence-corrected chi connectivity index (χ1v) is 6.85. The number of halogens is 3. The molecule has 0 heterocycles. The molecule has 0 aliphatic rings. The van der Waals surface area contributed by atoms with Crippen molar-refractivity contribution in [2.24, 2.45) is 0 Å². The van der Waals surface area contributed by atoms with Crippen LogP contribution >= 0.6 is 23.2 Å². The summed E-state index contributed by atoms with van der Waals surface area (Å²) < 4.78 is 19.3. The summed E-state index contributed by atoms with van der Waals surface area (Å²) in [5.41, 5.74) is 1.49. The summed E-state index contributed by atoms with van der Waals surface area (Å²) in [6.45, 7) is 0.802. The Morgan fingerprint density at radius 2 is 1.80 bits per heavy atom. The summed E-state index contributed by atoms with van der Waals surface area (Å²) in [6, 6.07) is 9.86. The second kappa shape index (κ2) is 6.93. The molecule has 0 saturated carbocycles. The molecular weight excluding hydrogens is 300 g/mol. The maximum absolute atomic E-state index is 13.7. The first-order chi connectivity index (χ1) is 9.58. The van der Waals surface area contributed by atoms with Crippen LogP contribution in [-0.4, -0.2) is 7.05 Å². The number of benzene rings is 2. The van der Waals surface area contributed by atoms with E-state index in [1.807, 2.05) is 7.05 Å². The predicted molar refractivity (Wildman–Crippen MR) is 80.0 cm³/mol. The molecule has 0 radical (unpaired) electrons. The molecule has 1 N–H and O–H groups in total. The van der Waals surface area contributed by atoms with E-state index in [0.717, 1.165) is 5.56 Å². The largest absolute Gasteiger partial charge is 0.489 e. The van der Waals surface area contributed by atoms with Gasteiger partial charge in [-0.3, -0.25) is 0 Å². The lowest BCUT2D eigenvalue weighted by Gasteiger charge is -2.10. The third-order valence-corrected chi connectivity index (χ3v) is 3.16. The standard InChI is InChI=1S/C15H14Cl2FNO/c1-19-8-10-2-3-15(18)11(4-10)9-20-14-6-12(16)5-13(17)7-14/h2-7,19H,8-9H2,1H3. The molecule has 2 aromatic rings. The van der Waals surface area contributed by atoms with Gasteiger partial charge in [-0.15, -0.1) is 0 Å². The highest BCUT2D eigenvalue weighted by Gasteiger charge is 2.06. The molecule has 0 atom stereocenters. The highest BCUT2D eigenvalue weighted by atomic mass is 35.5. The zero-order valence-corrected chi connectivity index (χ0v) is 12.4. The Morgan fingerprint density at radius 1 is 1.10 bits per heavy atom. The van der Waals surface area contributed by atoms with Crippen molar-refractivity contribution >= 4 is 23.2 Å². The van der Waals surface area contributed by atoms with E-state index < -0.39 is 0 Å². The van der Waals surface area contributed by atoms with Crippen molar-refractivity contribution in [1.29, 1.82) is 0 Å². The number of nitrogens with one attached hydrogen (secondary N) is 1. The third kappa shape index (κ3) is 4.10. The highest BCUT2D eigenvalue weighted by Crippen LogP contribution is 2.25. The van der Waals surface area contributed by atoms with Crippen LogP contribution in [0, 0.1) is 5.82 Å². The topological polar surface area (TPSA) is 21.3 Å². The Labute approximate surface area is 127 Å². The monoisotopic (exact) mass is 313 g/mol. The van der Waals surface area contributed by atoms with Gasteiger partial charge in [-0.25, -0.2) is 4.39 Å². The van der Waals surface area contributed by atoms with Crippen LogP contribution in [0.5, 0.6) is 5.75 Å². The Morgan fingerprint density at radius 3 is 2.45 bits per heavy atom. The van der Waals surface area contributed by atoms with Gasteiger partial charge in [0, 0.05) is 22.2 Å². The van der Waals surface area contributed by atoms with Crippen molar-refractivity contribution in [3.05, 3.63) is 63.4 Å². The Balaban J connectivity index is 2.11. The van der Waals surface area contributed by atoms with Gasteiger partial charge in [-0.05, 0) is 42.9 Å². The van der Waals surface area contributed by atoms with Gasteiger partial charge in [0.1, 0.15) is 18.2 Å². The predicted octanol–water partition coefficient (Wildman–Crippen LogP) is 4.43. The van der Waals surface area contributed by atoms with Crippen molar-refractivity contribution in [2.75, 3.05) is 7.05 Å². The summed E-state index contributed by atoms with van der Waals surface area (Å²) in [5, 5.41) is 3.99. The van der Waals surface area contributed by atoms with Gasteiger partial charge >= 0.3 is 0 Å². The summed E-state index contributed by atoms with van der Waals surface area (Å²) >= 11 is 11.8. The second-order valence-electron chi connectivity index (χ2n) is 4.35. The van der Waals surface area contributed by atoms with Crippen LogP contribution in [0.4, 0.5) is 4.39 Å². The van der Waals surface area contributed by atoms with E-state index in [9.17, 15) is 4.39 Å². The van der Waals surface area contributed by atoms with E-state index >= 15 is 0 Å². The second-order valence-corrected chi connectivity index (χ2v) is 5.22. The lowest BCUT2D eigenvalue weighted by atomic mass is 10.1. The average Bonchev–Trinajstić information content (AvgIpc) is 2.38. The quantitative estimate of drug-likeness (QED) is 0.881. The summed E-state index contributed by atoms with van der Waals surface area (Å²) in [7, 11) is 1.84. The van der Waals surface area contributed by atoms with Gasteiger partial charge in [0.2, 0.25) is 0 Å². The van der Waals surface area contributed by atoms with Crippen molar-refractivity contribution < 1.29 is 9.13 Å². The van der Waals surface area contributed by atoms with Gasteiger partial charge < -0.3 is 10.1 Å². The maximum Gasteiger partial charge on any atom is 0.129 e. The minimum atomic E-state index is -0.294. The van der Waals surface area contributed by atoms with Crippen molar-refractivity contribution in [2.45, 2.75) is 13.2 Å². The molecule has 0 bridgehead atoms. The van der Waals surface area contributed by atoms with E-state index in [-0.39, 0.29) is 12.4 Å². The maximum atomic E-state index is 13.7.